The van der Waals surface area contributed by atoms with Crippen LogP contribution in [0.2, 0.25) is 0 Å². The molecule has 0 aromatic rings. The van der Waals surface area contributed by atoms with E-state index >= 15 is 0 Å². The molecule has 0 aromatic carbocycles. The number of hydrogen-bond acceptors (Lipinski definition) is 5. The molecule has 0 spiro atoms. The van der Waals surface area contributed by atoms with Crippen LogP contribution >= 0.6 is 0 Å². The van der Waals surface area contributed by atoms with Gasteiger partial charge in [0.05, 0.1) is 0 Å². The van der Waals surface area contributed by atoms with Gasteiger partial charge in [-0.25, -0.2) is 4.79 Å². The van der Waals surface area contributed by atoms with E-state index in [1.165, 1.54) is 0 Å². The molecule has 3 aliphatic heterocycles. The molecule has 148 valence electrons. The van der Waals surface area contributed by atoms with Gasteiger partial charge in [-0.1, -0.05) is 0 Å². The molecule has 3 rings (SSSR count). The van der Waals surface area contributed by atoms with Gasteiger partial charge in [0, 0.05) is 57.3 Å². The molecule has 3 fully saturated rings. The van der Waals surface area contributed by atoms with Gasteiger partial charge in [-0.2, -0.15) is 0 Å². The van der Waals surface area contributed by atoms with Crippen molar-refractivity contribution in [2.75, 3.05) is 32.7 Å². The highest BCUT2D eigenvalue weighted by Gasteiger charge is 2.40. The Balaban J connectivity index is 1.51. The van der Waals surface area contributed by atoms with Gasteiger partial charge in [-0.15, -0.1) is 0 Å². The largest absolute Gasteiger partial charge is 0.444 e. The molecule has 0 unspecified atom stereocenters. The number of ether oxygens (including phenoxy) is 1. The summed E-state index contributed by atoms with van der Waals surface area (Å²) in [4.78, 5) is 30.7. The Kier molecular flexibility index (Phi) is 5.77. The zero-order valence-corrected chi connectivity index (χ0v) is 16.4. The highest BCUT2D eigenvalue weighted by atomic mass is 16.6. The first kappa shape index (κ1) is 19.4. The Morgan fingerprint density at radius 3 is 2.42 bits per heavy atom. The van der Waals surface area contributed by atoms with E-state index in [9.17, 15) is 9.59 Å². The van der Waals surface area contributed by atoms with Crippen molar-refractivity contribution in [3.63, 3.8) is 0 Å². The molecule has 7 heteroatoms. The van der Waals surface area contributed by atoms with E-state index in [0.717, 1.165) is 45.3 Å². The zero-order valence-electron chi connectivity index (χ0n) is 16.4. The fourth-order valence-corrected chi connectivity index (χ4v) is 4.42. The van der Waals surface area contributed by atoms with Crippen molar-refractivity contribution in [1.82, 2.24) is 14.7 Å². The van der Waals surface area contributed by atoms with Crippen LogP contribution in [0.15, 0.2) is 0 Å². The standard InChI is InChI=1S/C19H34N4O3/c1-19(2,3)26-18(25)22-12-15(20)16(13-22)21-10-7-14(8-11-21)23-9-5-4-6-17(23)24/h14-16H,4-13,20H2,1-3H3/t15-,16+/m0/s1. The van der Waals surface area contributed by atoms with Gasteiger partial charge in [0.1, 0.15) is 5.60 Å². The van der Waals surface area contributed by atoms with Crippen molar-refractivity contribution in [1.29, 1.82) is 0 Å². The highest BCUT2D eigenvalue weighted by molar-refractivity contribution is 5.77. The quantitative estimate of drug-likeness (QED) is 0.799. The van der Waals surface area contributed by atoms with Crippen LogP contribution in [0.4, 0.5) is 4.79 Å². The molecule has 0 radical (unpaired) electrons. The minimum absolute atomic E-state index is 0.0457. The first-order chi connectivity index (χ1) is 12.2. The molecule has 2 amide bonds. The third-order valence-corrected chi connectivity index (χ3v) is 5.75. The number of carbonyl (C=O) groups excluding carboxylic acids is 2. The van der Waals surface area contributed by atoms with Crippen molar-refractivity contribution in [2.45, 2.75) is 76.6 Å². The fraction of sp³-hybridized carbons (Fsp3) is 0.895. The summed E-state index contributed by atoms with van der Waals surface area (Å²) in [5, 5.41) is 0. The van der Waals surface area contributed by atoms with Gasteiger partial charge in [-0.3, -0.25) is 9.69 Å². The minimum Gasteiger partial charge on any atom is -0.444 e. The Morgan fingerprint density at radius 1 is 1.12 bits per heavy atom. The van der Waals surface area contributed by atoms with E-state index in [1.54, 1.807) is 4.90 Å². The average molecular weight is 367 g/mol. The normalized spacial score (nSPS) is 29.3. The molecule has 2 N–H and O–H groups in total. The number of carbonyl (C=O) groups is 2. The summed E-state index contributed by atoms with van der Waals surface area (Å²) in [6, 6.07) is 0.509. The monoisotopic (exact) mass is 366 g/mol. The lowest BCUT2D eigenvalue weighted by atomic mass is 9.97. The molecule has 3 saturated heterocycles. The third kappa shape index (κ3) is 4.49. The molecule has 0 aliphatic carbocycles. The maximum Gasteiger partial charge on any atom is 0.410 e. The Labute approximate surface area is 156 Å². The van der Waals surface area contributed by atoms with Crippen LogP contribution in [0.1, 0.15) is 52.9 Å². The lowest BCUT2D eigenvalue weighted by Gasteiger charge is -2.42. The number of likely N-dealkylation sites (tertiary alicyclic amines) is 3. The molecule has 2 atom stereocenters. The number of nitrogens with two attached hydrogens (primary N) is 1. The molecule has 0 aromatic heterocycles. The molecule has 26 heavy (non-hydrogen) atoms. The highest BCUT2D eigenvalue weighted by Crippen LogP contribution is 2.25. The molecule has 0 bridgehead atoms. The summed E-state index contributed by atoms with van der Waals surface area (Å²) in [6.07, 6.45) is 4.60. The van der Waals surface area contributed by atoms with Gasteiger partial charge < -0.3 is 20.3 Å². The van der Waals surface area contributed by atoms with Gasteiger partial charge in [0.2, 0.25) is 5.91 Å². The van der Waals surface area contributed by atoms with Crippen molar-refractivity contribution >= 4 is 12.0 Å². The summed E-state index contributed by atoms with van der Waals surface area (Å²) >= 11 is 0. The minimum atomic E-state index is -0.488. The number of piperidine rings is 2. The number of hydrogen-bond donors (Lipinski definition) is 1. The van der Waals surface area contributed by atoms with E-state index in [-0.39, 0.29) is 18.2 Å². The first-order valence-electron chi connectivity index (χ1n) is 10.0. The van der Waals surface area contributed by atoms with Crippen molar-refractivity contribution in [2.24, 2.45) is 5.73 Å². The summed E-state index contributed by atoms with van der Waals surface area (Å²) in [6.45, 7) is 9.61. The van der Waals surface area contributed by atoms with E-state index in [4.69, 9.17) is 10.5 Å². The molecule has 0 saturated carbocycles. The summed E-state index contributed by atoms with van der Waals surface area (Å²) < 4.78 is 5.48. The number of nitrogens with zero attached hydrogens (tertiary/aromatic N) is 3. The fourth-order valence-electron chi connectivity index (χ4n) is 4.42. The third-order valence-electron chi connectivity index (χ3n) is 5.75. The summed E-state index contributed by atoms with van der Waals surface area (Å²) in [5.41, 5.74) is 5.86. The van der Waals surface area contributed by atoms with Crippen molar-refractivity contribution < 1.29 is 14.3 Å². The van der Waals surface area contributed by atoms with Gasteiger partial charge in [-0.05, 0) is 46.5 Å². The second-order valence-electron chi connectivity index (χ2n) is 8.93. The Hall–Kier alpha value is -1.34. The van der Waals surface area contributed by atoms with Gasteiger partial charge in [0.15, 0.2) is 0 Å². The topological polar surface area (TPSA) is 79.1 Å². The second kappa shape index (κ2) is 7.72. The lowest BCUT2D eigenvalue weighted by molar-refractivity contribution is -0.137. The first-order valence-corrected chi connectivity index (χ1v) is 10.0. The zero-order chi connectivity index (χ0) is 18.9. The SMILES string of the molecule is CC(C)(C)OC(=O)N1C[C@@H](N2CCC(N3CCCCC3=O)CC2)[C@@H](N)C1. The van der Waals surface area contributed by atoms with E-state index in [2.05, 4.69) is 9.80 Å². The van der Waals surface area contributed by atoms with Gasteiger partial charge >= 0.3 is 6.09 Å². The molecule has 7 nitrogen and oxygen atoms in total. The Bertz CT molecular complexity index is 525. The van der Waals surface area contributed by atoms with Crippen molar-refractivity contribution in [3.05, 3.63) is 0 Å². The number of rotatable bonds is 2. The van der Waals surface area contributed by atoms with Crippen LogP contribution in [0.3, 0.4) is 0 Å². The Morgan fingerprint density at radius 2 is 1.81 bits per heavy atom. The van der Waals surface area contributed by atoms with Crippen LogP contribution in [0.25, 0.3) is 0 Å². The predicted octanol–water partition coefficient (Wildman–Crippen LogP) is 1.41. The van der Waals surface area contributed by atoms with Gasteiger partial charge in [0.25, 0.3) is 0 Å². The van der Waals surface area contributed by atoms with Crippen LogP contribution < -0.4 is 5.73 Å². The predicted molar refractivity (Wildman–Crippen MR) is 99.7 cm³/mol. The molecule has 3 aliphatic rings. The molecular formula is C19H34N4O3. The molecular weight excluding hydrogens is 332 g/mol. The average Bonchev–Trinajstić information content (AvgIpc) is 2.96. The smallest absolute Gasteiger partial charge is 0.410 e. The number of amides is 2. The summed E-state index contributed by atoms with van der Waals surface area (Å²) in [7, 11) is 0. The maximum atomic E-state index is 12.3. The second-order valence-corrected chi connectivity index (χ2v) is 8.93. The maximum absolute atomic E-state index is 12.3. The van der Waals surface area contributed by atoms with E-state index in [1.807, 2.05) is 20.8 Å². The van der Waals surface area contributed by atoms with Crippen LogP contribution in [0.5, 0.6) is 0 Å². The van der Waals surface area contributed by atoms with Crippen molar-refractivity contribution in [3.8, 4) is 0 Å². The van der Waals surface area contributed by atoms with Crippen LogP contribution in [-0.4, -0.2) is 83.2 Å². The summed E-state index contributed by atoms with van der Waals surface area (Å²) in [5.74, 6) is 0.323. The van der Waals surface area contributed by atoms with Crippen LogP contribution in [-0.2, 0) is 9.53 Å². The van der Waals surface area contributed by atoms with E-state index in [0.29, 0.717) is 31.5 Å². The van der Waals surface area contributed by atoms with Crippen LogP contribution in [0, 0.1) is 0 Å². The molecule has 3 heterocycles. The lowest BCUT2D eigenvalue weighted by Crippen LogP contribution is -2.54. The van der Waals surface area contributed by atoms with E-state index < -0.39 is 5.60 Å².